The van der Waals surface area contributed by atoms with Gasteiger partial charge in [0.05, 0.1) is 29.6 Å². The second-order valence-electron chi connectivity index (χ2n) is 5.72. The van der Waals surface area contributed by atoms with Crippen molar-refractivity contribution in [3.63, 3.8) is 0 Å². The Morgan fingerprint density at radius 1 is 1.19 bits per heavy atom. The Morgan fingerprint density at radius 3 is 2.54 bits per heavy atom. The maximum atomic E-state index is 12.9. The third-order valence-corrected chi connectivity index (χ3v) is 6.08. The Balaban J connectivity index is 1.85. The number of hydrogen-bond acceptors (Lipinski definition) is 6. The quantitative estimate of drug-likeness (QED) is 0.585. The number of morpholine rings is 1. The highest BCUT2D eigenvalue weighted by Gasteiger charge is 2.32. The average molecular weight is 378 g/mol. The van der Waals surface area contributed by atoms with Crippen LogP contribution in [0.4, 0.5) is 5.69 Å². The van der Waals surface area contributed by atoms with Crippen molar-refractivity contribution in [3.05, 3.63) is 64.2 Å². The summed E-state index contributed by atoms with van der Waals surface area (Å²) in [6, 6.07) is 12.2. The summed E-state index contributed by atoms with van der Waals surface area (Å²) in [5.41, 5.74) is 0.622. The molecule has 3 rings (SSSR count). The van der Waals surface area contributed by atoms with Gasteiger partial charge in [-0.05, 0) is 18.2 Å². The van der Waals surface area contributed by atoms with Crippen LogP contribution in [0.3, 0.4) is 0 Å². The highest BCUT2D eigenvalue weighted by molar-refractivity contribution is 7.89. The fraction of sp³-hybridized carbons (Fsp3) is 0.294. The Kier molecular flexibility index (Phi) is 5.21. The lowest BCUT2D eigenvalue weighted by Crippen LogP contribution is -2.42. The van der Waals surface area contributed by atoms with E-state index in [2.05, 4.69) is 0 Å². The van der Waals surface area contributed by atoms with Gasteiger partial charge in [0.1, 0.15) is 5.75 Å². The van der Waals surface area contributed by atoms with Crippen LogP contribution in [0.1, 0.15) is 11.7 Å². The van der Waals surface area contributed by atoms with Crippen molar-refractivity contribution in [3.8, 4) is 5.75 Å². The first kappa shape index (κ1) is 18.3. The molecule has 1 aliphatic heterocycles. The third kappa shape index (κ3) is 3.55. The highest BCUT2D eigenvalue weighted by atomic mass is 32.2. The Hall–Kier alpha value is -2.49. The van der Waals surface area contributed by atoms with Gasteiger partial charge in [-0.15, -0.1) is 0 Å². The van der Waals surface area contributed by atoms with E-state index < -0.39 is 21.1 Å². The molecule has 0 aromatic heterocycles. The number of nitrogens with zero attached hydrogens (tertiary/aromatic N) is 2. The summed E-state index contributed by atoms with van der Waals surface area (Å²) in [6.45, 7) is 0.597. The normalized spacial score (nSPS) is 18.4. The molecule has 1 aliphatic rings. The van der Waals surface area contributed by atoms with Crippen molar-refractivity contribution >= 4 is 15.7 Å². The van der Waals surface area contributed by atoms with Crippen LogP contribution in [0.25, 0.3) is 0 Å². The number of nitro groups is 1. The summed E-state index contributed by atoms with van der Waals surface area (Å²) >= 11 is 0. The summed E-state index contributed by atoms with van der Waals surface area (Å²) in [5.74, 6) is 0.632. The number of methoxy groups -OCH3 is 1. The molecule has 0 bridgehead atoms. The number of para-hydroxylation sites is 1. The molecule has 1 saturated heterocycles. The maximum absolute atomic E-state index is 12.9. The average Bonchev–Trinajstić information content (AvgIpc) is 2.68. The molecule has 0 radical (unpaired) electrons. The number of benzene rings is 2. The first-order valence-corrected chi connectivity index (χ1v) is 9.36. The molecule has 26 heavy (non-hydrogen) atoms. The van der Waals surface area contributed by atoms with Crippen LogP contribution in [-0.2, 0) is 14.8 Å². The molecule has 0 aliphatic carbocycles. The number of sulfonamides is 1. The van der Waals surface area contributed by atoms with E-state index in [0.29, 0.717) is 5.75 Å². The van der Waals surface area contributed by atoms with Crippen molar-refractivity contribution in [1.29, 1.82) is 0 Å². The maximum Gasteiger partial charge on any atom is 0.269 e. The molecule has 0 saturated carbocycles. The van der Waals surface area contributed by atoms with Gasteiger partial charge in [0.15, 0.2) is 0 Å². The standard InChI is InChI=1S/C17H18N2O6S/c1-24-16-5-3-2-4-15(16)17-12-18(10-11-25-17)26(22,23)14-8-6-13(7-9-14)19(20)21/h2-9,17H,10-12H2,1H3. The van der Waals surface area contributed by atoms with Crippen LogP contribution in [-0.4, -0.2) is 44.5 Å². The van der Waals surface area contributed by atoms with Crippen LogP contribution in [0.15, 0.2) is 53.4 Å². The van der Waals surface area contributed by atoms with Crippen molar-refractivity contribution < 1.29 is 22.8 Å². The minimum atomic E-state index is -3.78. The SMILES string of the molecule is COc1ccccc1C1CN(S(=O)(=O)c2ccc([N+](=O)[O-])cc2)CCO1. The van der Waals surface area contributed by atoms with Gasteiger partial charge in [0, 0.05) is 30.8 Å². The van der Waals surface area contributed by atoms with Gasteiger partial charge in [-0.3, -0.25) is 10.1 Å². The van der Waals surface area contributed by atoms with Gasteiger partial charge in [0.25, 0.3) is 5.69 Å². The number of rotatable bonds is 5. The lowest BCUT2D eigenvalue weighted by atomic mass is 10.1. The number of nitro benzene ring substituents is 1. The van der Waals surface area contributed by atoms with E-state index in [1.54, 1.807) is 13.2 Å². The number of hydrogen-bond donors (Lipinski definition) is 0. The zero-order valence-electron chi connectivity index (χ0n) is 14.1. The summed E-state index contributed by atoms with van der Waals surface area (Å²) in [4.78, 5) is 10.2. The molecule has 2 aromatic rings. The van der Waals surface area contributed by atoms with E-state index in [4.69, 9.17) is 9.47 Å². The van der Waals surface area contributed by atoms with Gasteiger partial charge in [-0.2, -0.15) is 4.31 Å². The predicted molar refractivity (Wildman–Crippen MR) is 93.5 cm³/mol. The second-order valence-corrected chi connectivity index (χ2v) is 7.65. The first-order chi connectivity index (χ1) is 12.4. The fourth-order valence-corrected chi connectivity index (χ4v) is 4.28. The number of ether oxygens (including phenoxy) is 2. The molecule has 0 spiro atoms. The van der Waals surface area contributed by atoms with Crippen molar-refractivity contribution in [2.75, 3.05) is 26.8 Å². The summed E-state index contributed by atoms with van der Waals surface area (Å²) in [6.07, 6.45) is -0.451. The zero-order chi connectivity index (χ0) is 18.7. The van der Waals surface area contributed by atoms with Crippen molar-refractivity contribution in [2.24, 2.45) is 0 Å². The molecule has 0 N–H and O–H groups in total. The lowest BCUT2D eigenvalue weighted by molar-refractivity contribution is -0.384. The van der Waals surface area contributed by atoms with E-state index in [1.165, 1.54) is 28.6 Å². The number of non-ortho nitro benzene ring substituents is 1. The molecule has 2 aromatic carbocycles. The predicted octanol–water partition coefficient (Wildman–Crippen LogP) is 2.37. The van der Waals surface area contributed by atoms with Crippen molar-refractivity contribution in [1.82, 2.24) is 4.31 Å². The molecular formula is C17H18N2O6S. The second kappa shape index (κ2) is 7.40. The molecule has 1 atom stereocenters. The minimum Gasteiger partial charge on any atom is -0.496 e. The summed E-state index contributed by atoms with van der Waals surface area (Å²) < 4.78 is 38.1. The zero-order valence-corrected chi connectivity index (χ0v) is 14.9. The largest absolute Gasteiger partial charge is 0.496 e. The Morgan fingerprint density at radius 2 is 1.88 bits per heavy atom. The molecule has 1 unspecified atom stereocenters. The van der Waals surface area contributed by atoms with Gasteiger partial charge in [0.2, 0.25) is 10.0 Å². The lowest BCUT2D eigenvalue weighted by Gasteiger charge is -2.32. The molecule has 1 heterocycles. The van der Waals surface area contributed by atoms with Crippen LogP contribution in [0, 0.1) is 10.1 Å². The topological polar surface area (TPSA) is 99.0 Å². The third-order valence-electron chi connectivity index (χ3n) is 4.20. The Bertz CT molecular complexity index is 898. The van der Waals surface area contributed by atoms with E-state index in [9.17, 15) is 18.5 Å². The highest BCUT2D eigenvalue weighted by Crippen LogP contribution is 2.32. The summed E-state index contributed by atoms with van der Waals surface area (Å²) in [5, 5.41) is 10.7. The molecule has 138 valence electrons. The fourth-order valence-electron chi connectivity index (χ4n) is 2.85. The monoisotopic (exact) mass is 378 g/mol. The van der Waals surface area contributed by atoms with Crippen molar-refractivity contribution in [2.45, 2.75) is 11.0 Å². The van der Waals surface area contributed by atoms with E-state index >= 15 is 0 Å². The molecule has 0 amide bonds. The molecular weight excluding hydrogens is 360 g/mol. The smallest absolute Gasteiger partial charge is 0.269 e. The van der Waals surface area contributed by atoms with Gasteiger partial charge in [-0.25, -0.2) is 8.42 Å². The van der Waals surface area contributed by atoms with Gasteiger partial charge < -0.3 is 9.47 Å². The molecule has 9 heteroatoms. The van der Waals surface area contributed by atoms with Crippen LogP contribution in [0.5, 0.6) is 5.75 Å². The molecule has 1 fully saturated rings. The van der Waals surface area contributed by atoms with E-state index in [1.807, 2.05) is 18.2 Å². The van der Waals surface area contributed by atoms with Gasteiger partial charge >= 0.3 is 0 Å². The molecule has 8 nitrogen and oxygen atoms in total. The van der Waals surface area contributed by atoms with Crippen LogP contribution < -0.4 is 4.74 Å². The van der Waals surface area contributed by atoms with Crippen LogP contribution >= 0.6 is 0 Å². The van der Waals surface area contributed by atoms with Gasteiger partial charge in [-0.1, -0.05) is 18.2 Å². The van der Waals surface area contributed by atoms with E-state index in [0.717, 1.165) is 5.56 Å². The summed E-state index contributed by atoms with van der Waals surface area (Å²) in [7, 11) is -2.23. The Labute approximate surface area is 151 Å². The van der Waals surface area contributed by atoms with E-state index in [-0.39, 0.29) is 30.3 Å². The van der Waals surface area contributed by atoms with Crippen LogP contribution in [0.2, 0.25) is 0 Å². The first-order valence-electron chi connectivity index (χ1n) is 7.92. The minimum absolute atomic E-state index is 0.0174.